The van der Waals surface area contributed by atoms with Gasteiger partial charge in [0.25, 0.3) is 0 Å². The smallest absolute Gasteiger partial charge is 0.375 e. The summed E-state index contributed by atoms with van der Waals surface area (Å²) in [4.78, 5) is 39.3. The molecule has 0 unspecified atom stereocenters. The molecular formula is C27H29F3O6S. The number of alkyl halides is 3. The van der Waals surface area contributed by atoms with Crippen LogP contribution in [0.3, 0.4) is 0 Å². The molecule has 6 nitrogen and oxygen atoms in total. The second kappa shape index (κ2) is 8.59. The number of carbonyl (C=O) groups is 3. The molecule has 9 atom stereocenters. The molecule has 0 aromatic carbocycles. The van der Waals surface area contributed by atoms with Crippen molar-refractivity contribution in [1.29, 1.82) is 0 Å². The maximum atomic E-state index is 17.5. The Bertz CT molecular complexity index is 1450. The zero-order chi connectivity index (χ0) is 31.4. The Labute approximate surface area is 223 Å². The fourth-order valence-electron chi connectivity index (χ4n) is 7.80. The highest BCUT2D eigenvalue weighted by molar-refractivity contribution is 8.13. The molecule has 0 amide bonds. The minimum Gasteiger partial charge on any atom is -0.457 e. The highest BCUT2D eigenvalue weighted by Crippen LogP contribution is 2.72. The second-order valence-corrected chi connectivity index (χ2v) is 11.6. The van der Waals surface area contributed by atoms with Crippen LogP contribution < -0.4 is 0 Å². The molecule has 0 saturated heterocycles. The molecule has 37 heavy (non-hydrogen) atoms. The van der Waals surface area contributed by atoms with Gasteiger partial charge in [0.2, 0.25) is 10.9 Å². The Hall–Kier alpha value is -2.33. The monoisotopic (exact) mass is 543 g/mol. The number of ether oxygens (including phenoxy) is 1. The molecule has 5 rings (SSSR count). The molecule has 1 heterocycles. The van der Waals surface area contributed by atoms with Crippen molar-refractivity contribution < 1.29 is 48.7 Å². The van der Waals surface area contributed by atoms with E-state index in [0.29, 0.717) is 0 Å². The number of aliphatic hydroxyl groups excluding tert-OH is 1. The largest absolute Gasteiger partial charge is 0.457 e. The third-order valence-corrected chi connectivity index (χ3v) is 9.99. The Balaban J connectivity index is 1.66. The van der Waals surface area contributed by atoms with Crippen molar-refractivity contribution in [1.82, 2.24) is 0 Å². The minimum absolute atomic E-state index is 0.0712. The first-order valence-electron chi connectivity index (χ1n) is 14.4. The van der Waals surface area contributed by atoms with E-state index in [1.54, 1.807) is 0 Å². The van der Waals surface area contributed by atoms with E-state index < -0.39 is 124 Å². The summed E-state index contributed by atoms with van der Waals surface area (Å²) >= 11 is -0.400. The highest BCUT2D eigenvalue weighted by Gasteiger charge is 2.78. The van der Waals surface area contributed by atoms with Gasteiger partial charge in [0.05, 0.1) is 17.8 Å². The molecule has 3 fully saturated rings. The lowest BCUT2D eigenvalue weighted by Gasteiger charge is -2.63. The summed E-state index contributed by atoms with van der Waals surface area (Å²) in [6, 6.07) is -1.54. The quantitative estimate of drug-likeness (QED) is 0.539. The van der Waals surface area contributed by atoms with Crippen LogP contribution >= 0.6 is 11.8 Å². The van der Waals surface area contributed by atoms with E-state index in [-0.39, 0.29) is 12.0 Å². The minimum atomic E-state index is -3.63. The predicted octanol–water partition coefficient (Wildman–Crippen LogP) is 4.93. The summed E-state index contributed by atoms with van der Waals surface area (Å²) in [6.45, 7) is 4.26. The number of carbonyl (C=O) groups excluding carboxylic acids is 3. The van der Waals surface area contributed by atoms with Crippen molar-refractivity contribution in [3.05, 3.63) is 47.9 Å². The van der Waals surface area contributed by atoms with Crippen molar-refractivity contribution in [2.75, 3.05) is 5.96 Å². The molecule has 0 aliphatic heterocycles. The third kappa shape index (κ3) is 3.27. The lowest BCUT2D eigenvalue weighted by atomic mass is 9.44. The van der Waals surface area contributed by atoms with E-state index >= 15 is 8.78 Å². The number of hydrogen-bond acceptors (Lipinski definition) is 7. The fourth-order valence-corrected chi connectivity index (χ4v) is 8.50. The second-order valence-electron chi connectivity index (χ2n) is 10.9. The Morgan fingerprint density at radius 2 is 2.08 bits per heavy atom. The van der Waals surface area contributed by atoms with Crippen LogP contribution in [-0.2, 0) is 14.3 Å². The van der Waals surface area contributed by atoms with E-state index in [4.69, 9.17) is 16.0 Å². The Morgan fingerprint density at radius 1 is 1.35 bits per heavy atom. The van der Waals surface area contributed by atoms with Gasteiger partial charge in [-0.3, -0.25) is 9.59 Å². The normalized spacial score (nSPS) is 46.8. The van der Waals surface area contributed by atoms with Crippen LogP contribution in [0.15, 0.2) is 46.5 Å². The molecule has 4 aliphatic rings. The number of rotatable bonds is 4. The fraction of sp³-hybridized carbons (Fsp3) is 0.593. The van der Waals surface area contributed by atoms with Gasteiger partial charge in [0.15, 0.2) is 17.1 Å². The third-order valence-electron chi connectivity index (χ3n) is 9.42. The van der Waals surface area contributed by atoms with E-state index in [2.05, 4.69) is 0 Å². The number of allylic oxidation sites excluding steroid dienone is 4. The summed E-state index contributed by atoms with van der Waals surface area (Å²) in [5.74, 6) is -9.78. The maximum Gasteiger partial charge on any atom is 0.375 e. The molecule has 0 radical (unpaired) electrons. The number of thioether (sulfide) groups is 1. The molecule has 3 saturated carbocycles. The van der Waals surface area contributed by atoms with Crippen molar-refractivity contribution >= 4 is 28.6 Å². The molecule has 200 valence electrons. The number of furan rings is 1. The van der Waals surface area contributed by atoms with Crippen LogP contribution in [0.5, 0.6) is 0 Å². The topological polar surface area (TPSA) is 93.8 Å². The molecule has 0 bridgehead atoms. The van der Waals surface area contributed by atoms with Gasteiger partial charge in [-0.1, -0.05) is 19.9 Å². The van der Waals surface area contributed by atoms with Crippen molar-refractivity contribution in [3.63, 3.8) is 0 Å². The van der Waals surface area contributed by atoms with Crippen molar-refractivity contribution in [2.24, 2.45) is 28.6 Å². The van der Waals surface area contributed by atoms with Crippen LogP contribution in [0, 0.1) is 28.6 Å². The zero-order valence-electron chi connectivity index (χ0n) is 25.3. The molecule has 1 N–H and O–H groups in total. The van der Waals surface area contributed by atoms with Crippen LogP contribution in [0.25, 0.3) is 0 Å². The van der Waals surface area contributed by atoms with Gasteiger partial charge in [-0.15, -0.1) is 0 Å². The van der Waals surface area contributed by atoms with E-state index in [1.807, 2.05) is 0 Å². The van der Waals surface area contributed by atoms with Crippen molar-refractivity contribution in [2.45, 2.75) is 63.6 Å². The summed E-state index contributed by atoms with van der Waals surface area (Å²) in [7, 11) is 0. The highest BCUT2D eigenvalue weighted by atomic mass is 32.2. The molecule has 4 aliphatic carbocycles. The number of esters is 1. The average Bonchev–Trinajstić information content (AvgIpc) is 3.26. The van der Waals surface area contributed by atoms with Gasteiger partial charge in [-0.25, -0.2) is 18.0 Å². The van der Waals surface area contributed by atoms with E-state index in [9.17, 15) is 23.9 Å². The summed E-state index contributed by atoms with van der Waals surface area (Å²) < 4.78 is 96.2. The van der Waals surface area contributed by atoms with Crippen LogP contribution in [0.4, 0.5) is 13.2 Å². The van der Waals surface area contributed by atoms with Crippen molar-refractivity contribution in [3.8, 4) is 0 Å². The average molecular weight is 544 g/mol. The molecule has 1 aromatic heterocycles. The standard InChI is InChI=1S/C27H29F3O6S/c1-14-9-16-17-11-19(29)18-10-15(31)6-7-24(18,2)26(17,30)21(32)12-25(16,3)27(14,23(34)37-13-28)36-22(33)20-5-4-8-35-20/h4-8,10,14,16-17,19,21,32H,9,11-13H2,1-3H3/t14-,16+,17+,19+,21+,24+,25+,26+,27+/m1/s1/i4D,5D,8D,13D2. The zero-order valence-corrected chi connectivity index (χ0v) is 21.1. The number of fused-ring (bicyclic) bond motifs is 5. The first kappa shape index (κ1) is 20.6. The molecular weight excluding hydrogens is 509 g/mol. The van der Waals surface area contributed by atoms with Crippen LogP contribution in [0.1, 0.15) is 57.4 Å². The first-order chi connectivity index (χ1) is 19.2. The van der Waals surface area contributed by atoms with Gasteiger partial charge in [0.1, 0.15) is 13.5 Å². The molecule has 0 spiro atoms. The SMILES string of the molecule is [2H]c1oc(C(=O)O[C@]2(C(=O)SC([2H])([2H])F)[C@H](C)C[C@H]3[C@@H]4C[C@H](F)C5=CC(=O)C=C[C@]5(C)[C@@]4(F)[C@@H](O)C[C@@]32C)c([2H])c1[2H]. The van der Waals surface area contributed by atoms with Gasteiger partial charge < -0.3 is 14.3 Å². The Morgan fingerprint density at radius 3 is 2.73 bits per heavy atom. The van der Waals surface area contributed by atoms with Gasteiger partial charge in [-0.2, -0.15) is 0 Å². The van der Waals surface area contributed by atoms with E-state index in [0.717, 1.165) is 12.2 Å². The first-order valence-corrected chi connectivity index (χ1v) is 12.7. The predicted molar refractivity (Wildman–Crippen MR) is 129 cm³/mol. The maximum absolute atomic E-state index is 17.5. The molecule has 1 aromatic rings. The number of hydrogen-bond donors (Lipinski definition) is 1. The Kier molecular flexibility index (Phi) is 4.79. The van der Waals surface area contributed by atoms with E-state index in [1.165, 1.54) is 26.8 Å². The van der Waals surface area contributed by atoms with Gasteiger partial charge >= 0.3 is 5.97 Å². The van der Waals surface area contributed by atoms with Crippen LogP contribution in [0.2, 0.25) is 0 Å². The summed E-state index contributed by atoms with van der Waals surface area (Å²) in [5, 5.41) is 10.3. The van der Waals surface area contributed by atoms with Crippen LogP contribution in [-0.4, -0.2) is 51.5 Å². The number of ketones is 1. The summed E-state index contributed by atoms with van der Waals surface area (Å²) in [5.41, 5.74) is -8.50. The summed E-state index contributed by atoms with van der Waals surface area (Å²) in [6.07, 6.45) is -2.24. The number of aliphatic hydroxyl groups is 1. The number of halogens is 3. The van der Waals surface area contributed by atoms with Gasteiger partial charge in [0, 0.05) is 22.7 Å². The lowest BCUT2D eigenvalue weighted by molar-refractivity contribution is -0.221. The van der Waals surface area contributed by atoms with Gasteiger partial charge in [-0.05, 0) is 73.7 Å². The lowest BCUT2D eigenvalue weighted by Crippen LogP contribution is -2.70. The molecule has 10 heteroatoms.